The molecule has 0 amide bonds. The monoisotopic (exact) mass is 435 g/mol. The lowest BCUT2D eigenvalue weighted by Crippen LogP contribution is -2.47. The van der Waals surface area contributed by atoms with Gasteiger partial charge in [-0.15, -0.1) is 0 Å². The number of hydrogen-bond acceptors (Lipinski definition) is 9. The van der Waals surface area contributed by atoms with Crippen molar-refractivity contribution in [3.8, 4) is 11.4 Å². The van der Waals surface area contributed by atoms with Crippen LogP contribution in [0.3, 0.4) is 0 Å². The van der Waals surface area contributed by atoms with E-state index in [1.165, 1.54) is 12.3 Å². The average Bonchev–Trinajstić information content (AvgIpc) is 2.79. The summed E-state index contributed by atoms with van der Waals surface area (Å²) in [6, 6.07) is 1.31. The minimum absolute atomic E-state index is 0.0228. The van der Waals surface area contributed by atoms with Gasteiger partial charge in [0.1, 0.15) is 5.82 Å². The zero-order valence-corrected chi connectivity index (χ0v) is 17.7. The van der Waals surface area contributed by atoms with E-state index >= 15 is 0 Å². The molecular weight excluding hydrogens is 408 g/mol. The molecule has 0 aromatic carbocycles. The van der Waals surface area contributed by atoms with Crippen LogP contribution in [0.15, 0.2) is 12.3 Å². The Bertz CT molecular complexity index is 917. The summed E-state index contributed by atoms with van der Waals surface area (Å²) < 4.78 is 38.7. The topological polar surface area (TPSA) is 103 Å². The Morgan fingerprint density at radius 1 is 1.10 bits per heavy atom. The van der Waals surface area contributed by atoms with Crippen LogP contribution >= 0.6 is 0 Å². The first kappa shape index (κ1) is 21.6. The molecule has 0 saturated carbocycles. The SMILES string of the molecule is CC[C@@H]1COCCN1c1nc(-c2cnc(N)cc2C(F)F)nc(N2CCOC[C@H]2C)n1. The summed E-state index contributed by atoms with van der Waals surface area (Å²) in [5.41, 5.74) is 5.55. The Morgan fingerprint density at radius 3 is 2.45 bits per heavy atom. The van der Waals surface area contributed by atoms with Crippen molar-refractivity contribution in [1.82, 2.24) is 19.9 Å². The molecule has 0 spiro atoms. The molecule has 0 unspecified atom stereocenters. The van der Waals surface area contributed by atoms with Crippen LogP contribution in [0.4, 0.5) is 26.5 Å². The van der Waals surface area contributed by atoms with Crippen molar-refractivity contribution in [3.05, 3.63) is 17.8 Å². The van der Waals surface area contributed by atoms with Crippen molar-refractivity contribution in [2.24, 2.45) is 0 Å². The number of nitrogens with two attached hydrogens (primary N) is 1. The normalized spacial score (nSPS) is 22.2. The van der Waals surface area contributed by atoms with Crippen molar-refractivity contribution in [3.63, 3.8) is 0 Å². The minimum atomic E-state index is -2.74. The largest absolute Gasteiger partial charge is 0.384 e. The number of pyridine rings is 1. The molecule has 2 aliphatic heterocycles. The van der Waals surface area contributed by atoms with E-state index in [2.05, 4.69) is 26.8 Å². The number of nitrogens with zero attached hydrogens (tertiary/aromatic N) is 6. The fraction of sp³-hybridized carbons (Fsp3) is 0.600. The maximum Gasteiger partial charge on any atom is 0.264 e. The summed E-state index contributed by atoms with van der Waals surface area (Å²) in [5.74, 6) is 1.07. The molecule has 0 radical (unpaired) electrons. The minimum Gasteiger partial charge on any atom is -0.384 e. The zero-order valence-electron chi connectivity index (χ0n) is 17.7. The highest BCUT2D eigenvalue weighted by atomic mass is 19.3. The highest BCUT2D eigenvalue weighted by molar-refractivity contribution is 5.64. The van der Waals surface area contributed by atoms with Gasteiger partial charge in [-0.3, -0.25) is 0 Å². The van der Waals surface area contributed by atoms with Gasteiger partial charge in [0.25, 0.3) is 6.43 Å². The standard InChI is InChI=1S/C20H27F2N7O2/c1-3-13-11-31-7-5-29(13)20-26-18(15-9-24-16(23)8-14(15)17(21)22)25-19(27-20)28-4-6-30-10-12(28)2/h8-9,12-13,17H,3-7,10-11H2,1-2H3,(H2,23,24)/t12-,13-/m1/s1. The van der Waals surface area contributed by atoms with Gasteiger partial charge in [-0.2, -0.15) is 15.0 Å². The molecule has 2 fully saturated rings. The number of aromatic nitrogens is 4. The second kappa shape index (κ2) is 9.23. The van der Waals surface area contributed by atoms with E-state index in [1.807, 2.05) is 11.8 Å². The molecule has 2 N–H and O–H groups in total. The summed E-state index contributed by atoms with van der Waals surface area (Å²) in [7, 11) is 0. The van der Waals surface area contributed by atoms with Gasteiger partial charge in [0.2, 0.25) is 11.9 Å². The summed E-state index contributed by atoms with van der Waals surface area (Å²) in [6.07, 6.45) is -0.590. The van der Waals surface area contributed by atoms with Gasteiger partial charge in [0.05, 0.1) is 38.5 Å². The third-order valence-electron chi connectivity index (χ3n) is 5.63. The second-order valence-corrected chi connectivity index (χ2v) is 7.70. The smallest absolute Gasteiger partial charge is 0.264 e. The molecule has 4 heterocycles. The lowest BCUT2D eigenvalue weighted by molar-refractivity contribution is 0.0919. The molecule has 2 aromatic heterocycles. The van der Waals surface area contributed by atoms with E-state index in [1.54, 1.807) is 0 Å². The van der Waals surface area contributed by atoms with Crippen LogP contribution in [-0.4, -0.2) is 71.5 Å². The molecule has 0 bridgehead atoms. The van der Waals surface area contributed by atoms with Crippen molar-refractivity contribution >= 4 is 17.7 Å². The number of alkyl halides is 2. The molecule has 2 saturated heterocycles. The van der Waals surface area contributed by atoms with Gasteiger partial charge >= 0.3 is 0 Å². The van der Waals surface area contributed by atoms with Crippen LogP contribution in [-0.2, 0) is 9.47 Å². The number of nitrogen functional groups attached to an aromatic ring is 1. The van der Waals surface area contributed by atoms with E-state index < -0.39 is 6.43 Å². The van der Waals surface area contributed by atoms with Crippen molar-refractivity contribution in [2.45, 2.75) is 38.8 Å². The Labute approximate surface area is 179 Å². The number of anilines is 3. The fourth-order valence-corrected chi connectivity index (χ4v) is 3.87. The molecule has 2 aliphatic rings. The molecule has 0 aliphatic carbocycles. The maximum atomic E-state index is 13.8. The highest BCUT2D eigenvalue weighted by Gasteiger charge is 2.29. The summed E-state index contributed by atoms with van der Waals surface area (Å²) >= 11 is 0. The van der Waals surface area contributed by atoms with Crippen molar-refractivity contribution in [2.75, 3.05) is 55.1 Å². The molecule has 168 valence electrons. The van der Waals surface area contributed by atoms with E-state index in [0.29, 0.717) is 51.4 Å². The summed E-state index contributed by atoms with van der Waals surface area (Å²) in [6.45, 7) is 7.49. The number of rotatable bonds is 5. The number of morpholine rings is 2. The average molecular weight is 435 g/mol. The van der Waals surface area contributed by atoms with Crippen LogP contribution in [0.1, 0.15) is 32.3 Å². The lowest BCUT2D eigenvalue weighted by Gasteiger charge is -2.37. The first-order valence-electron chi connectivity index (χ1n) is 10.5. The zero-order chi connectivity index (χ0) is 22.0. The fourth-order valence-electron chi connectivity index (χ4n) is 3.87. The van der Waals surface area contributed by atoms with E-state index in [4.69, 9.17) is 20.2 Å². The van der Waals surface area contributed by atoms with E-state index in [9.17, 15) is 8.78 Å². The Kier molecular flexibility index (Phi) is 6.42. The molecule has 2 atom stereocenters. The first-order chi connectivity index (χ1) is 15.0. The summed E-state index contributed by atoms with van der Waals surface area (Å²) in [5, 5.41) is 0. The van der Waals surface area contributed by atoms with Crippen LogP contribution < -0.4 is 15.5 Å². The third-order valence-corrected chi connectivity index (χ3v) is 5.63. The number of ether oxygens (including phenoxy) is 2. The molecule has 11 heteroatoms. The summed E-state index contributed by atoms with van der Waals surface area (Å²) in [4.78, 5) is 22.0. The molecule has 2 aromatic rings. The van der Waals surface area contributed by atoms with Crippen LogP contribution in [0.25, 0.3) is 11.4 Å². The predicted octanol–water partition coefficient (Wildman–Crippen LogP) is 2.29. The third kappa shape index (κ3) is 4.52. The molecular formula is C20H27F2N7O2. The van der Waals surface area contributed by atoms with Crippen LogP contribution in [0.2, 0.25) is 0 Å². The van der Waals surface area contributed by atoms with Crippen molar-refractivity contribution < 1.29 is 18.3 Å². The van der Waals surface area contributed by atoms with Gasteiger partial charge in [-0.05, 0) is 19.4 Å². The molecule has 31 heavy (non-hydrogen) atoms. The highest BCUT2D eigenvalue weighted by Crippen LogP contribution is 2.32. The van der Waals surface area contributed by atoms with Crippen LogP contribution in [0, 0.1) is 0 Å². The predicted molar refractivity (Wildman–Crippen MR) is 112 cm³/mol. The number of hydrogen-bond donors (Lipinski definition) is 1. The molecule has 4 rings (SSSR count). The first-order valence-corrected chi connectivity index (χ1v) is 10.5. The van der Waals surface area contributed by atoms with Gasteiger partial charge in [-0.25, -0.2) is 13.8 Å². The van der Waals surface area contributed by atoms with Crippen LogP contribution in [0.5, 0.6) is 0 Å². The number of halogens is 2. The Balaban J connectivity index is 1.84. The van der Waals surface area contributed by atoms with E-state index in [-0.39, 0.29) is 34.9 Å². The van der Waals surface area contributed by atoms with E-state index in [0.717, 1.165) is 6.42 Å². The van der Waals surface area contributed by atoms with Gasteiger partial charge in [0, 0.05) is 30.4 Å². The Morgan fingerprint density at radius 2 is 1.77 bits per heavy atom. The van der Waals surface area contributed by atoms with Crippen molar-refractivity contribution in [1.29, 1.82) is 0 Å². The Hall–Kier alpha value is -2.66. The maximum absolute atomic E-state index is 13.8. The lowest BCUT2D eigenvalue weighted by atomic mass is 10.1. The molecule has 9 nitrogen and oxygen atoms in total. The van der Waals surface area contributed by atoms with Gasteiger partial charge in [-0.1, -0.05) is 6.92 Å². The van der Waals surface area contributed by atoms with Gasteiger partial charge < -0.3 is 25.0 Å². The second-order valence-electron chi connectivity index (χ2n) is 7.70. The quantitative estimate of drug-likeness (QED) is 0.758. The van der Waals surface area contributed by atoms with Gasteiger partial charge in [0.15, 0.2) is 5.82 Å².